The molecule has 7 nitrogen and oxygen atoms in total. The molecule has 18 aromatic rings. The van der Waals surface area contributed by atoms with Crippen molar-refractivity contribution in [1.82, 2.24) is 0 Å². The van der Waals surface area contributed by atoms with Crippen molar-refractivity contribution < 1.29 is 13.9 Å². The maximum absolute atomic E-state index is 12.7. The molecule has 5 aliphatic heterocycles. The van der Waals surface area contributed by atoms with Gasteiger partial charge >= 0.3 is 0 Å². The van der Waals surface area contributed by atoms with Crippen LogP contribution in [0.3, 0.4) is 0 Å². The maximum atomic E-state index is 12.7. The molecule has 1 unspecified atom stereocenters. The third kappa shape index (κ3) is 12.0. The minimum atomic E-state index is -1.09. The lowest BCUT2D eigenvalue weighted by Gasteiger charge is -2.52. The van der Waals surface area contributed by atoms with Gasteiger partial charge in [-0.15, -0.1) is 0 Å². The van der Waals surface area contributed by atoms with Crippen LogP contribution in [0.2, 0.25) is 0 Å². The highest BCUT2D eigenvalue weighted by molar-refractivity contribution is 6.07. The second kappa shape index (κ2) is 30.8. The van der Waals surface area contributed by atoms with Gasteiger partial charge in [-0.05, 0) is 233 Å². The molecule has 0 fully saturated rings. The summed E-state index contributed by atoms with van der Waals surface area (Å²) in [4.78, 5) is 7.60. The van der Waals surface area contributed by atoms with Gasteiger partial charge in [-0.1, -0.05) is 336 Å². The fourth-order valence-electron chi connectivity index (χ4n) is 21.9. The summed E-state index contributed by atoms with van der Waals surface area (Å²) in [5, 5.41) is 13.8. The molecule has 7 heteroatoms. The van der Waals surface area contributed by atoms with Crippen LogP contribution in [0.4, 0.5) is 34.1 Å². The number of rotatable bonds is 15. The second-order valence-corrected chi connectivity index (χ2v) is 34.6. The number of nitriles is 1. The predicted molar refractivity (Wildman–Crippen MR) is 526 cm³/mol. The van der Waals surface area contributed by atoms with Crippen LogP contribution in [0.5, 0.6) is 23.0 Å². The molecule has 6 heterocycles. The topological polar surface area (TPSA) is 65.1 Å². The highest BCUT2D eigenvalue weighted by Crippen LogP contribution is 2.68. The summed E-state index contributed by atoms with van der Waals surface area (Å²) in [6.45, 7) is 10.5. The monoisotopic (exact) mass is 1650 g/mol. The number of fused-ring (bicyclic) bond motifs is 21. The number of para-hydroxylation sites is 4. The van der Waals surface area contributed by atoms with Gasteiger partial charge in [0.05, 0.1) is 62.4 Å². The largest absolute Gasteiger partial charge is 0.457 e. The van der Waals surface area contributed by atoms with Gasteiger partial charge in [-0.2, -0.15) is 5.26 Å². The van der Waals surface area contributed by atoms with Crippen molar-refractivity contribution in [2.75, 3.05) is 14.7 Å². The summed E-state index contributed by atoms with van der Waals surface area (Å²) in [6, 6.07) is 150. The standard InChI is InChI=1S/C122H86N4O3/c1-4-5-33-80(77-123)70-110(125-104-63-57-87(81-34-12-6-13-35-81)71-92(104)72-95-105(125)68-62-93(86-44-22-11-23-45-86)118(95)94-46-32-55-115-119(94)117-78(2)56-69-116(117)129-115)120(126-108-66-60-90(84-40-18-9-19-41-84)75-102(108)122(103-76-91(61-67-109(103)126)85-42-20-10-21-43-85)98-49-26-30-53-113(98)128-114-54-31-27-50-99(114)122)79(3)124-106-64-58-88(82-36-14-7-15-37-82)73-100(106)121(101-74-89(59-65-107(101)124)83-38-16-8-17-39-83)96-47-24-28-51-111(96)127-112-52-29-25-48-97(112)121/h6-32,34-71,73-76,78H,3-5,33,72H2,1-2H3/b80-70-,120-110-. The molecule has 0 N–H and O–H groups in total. The Morgan fingerprint density at radius 1 is 0.388 bits per heavy atom. The van der Waals surface area contributed by atoms with Crippen LogP contribution in [0.25, 0.3) is 94.9 Å². The first kappa shape index (κ1) is 76.4. The first-order valence-corrected chi connectivity index (χ1v) is 44.8. The molecule has 0 saturated heterocycles. The van der Waals surface area contributed by atoms with E-state index >= 15 is 0 Å². The molecule has 0 saturated carbocycles. The van der Waals surface area contributed by atoms with Crippen LogP contribution in [0.1, 0.15) is 106 Å². The van der Waals surface area contributed by atoms with Crippen LogP contribution >= 0.6 is 0 Å². The summed E-state index contributed by atoms with van der Waals surface area (Å²) in [6.07, 6.45) is 9.31. The van der Waals surface area contributed by atoms with E-state index in [4.69, 9.17) is 20.5 Å². The van der Waals surface area contributed by atoms with Gasteiger partial charge in [0.15, 0.2) is 0 Å². The Balaban J connectivity index is 0.902. The molecule has 1 aliphatic carbocycles. The fraction of sp³-hybridized carbons (Fsp3) is 0.0738. The first-order valence-electron chi connectivity index (χ1n) is 44.8. The molecule has 0 radical (unpaired) electrons. The van der Waals surface area contributed by atoms with E-state index in [1.165, 1.54) is 5.56 Å². The molecule has 0 amide bonds. The molecule has 612 valence electrons. The molecule has 24 rings (SSSR count). The minimum absolute atomic E-state index is 0.0873. The average molecular weight is 1660 g/mol. The number of hydrogen-bond donors (Lipinski definition) is 0. The Hall–Kier alpha value is -16.3. The molecule has 1 atom stereocenters. The van der Waals surface area contributed by atoms with Gasteiger partial charge in [-0.3, -0.25) is 0 Å². The predicted octanol–water partition coefficient (Wildman–Crippen LogP) is 31.9. The minimum Gasteiger partial charge on any atom is -0.457 e. The van der Waals surface area contributed by atoms with E-state index < -0.39 is 10.8 Å². The SMILES string of the molecule is C=C(/C(=C(\C=C(/C#N)CCCC)N1c2ccc(-c3ccccc3)cc2Cc2c1ccc(-c1ccccc1)c2-c1cccc2oc3c(c12)C(C)C=C3)N1c2ccc(-c3ccccc3)cc2C2(c3ccccc3Oc3ccccc32)c2cc(-c3ccccc3)ccc21)N1c2ccc(-c3ccccc3)cc2C2(c3ccccc3Oc3ccccc32)c2cc(-c3ccccc3)ccc21. The number of furan rings is 1. The number of anilines is 6. The summed E-state index contributed by atoms with van der Waals surface area (Å²) < 4.78 is 21.6. The zero-order valence-electron chi connectivity index (χ0n) is 71.5. The Morgan fingerprint density at radius 2 is 0.775 bits per heavy atom. The van der Waals surface area contributed by atoms with E-state index in [2.05, 4.69) is 453 Å². The average Bonchev–Trinajstić information content (AvgIpc) is 0.995. The van der Waals surface area contributed by atoms with Crippen LogP contribution in [-0.2, 0) is 17.3 Å². The number of unbranched alkanes of at least 4 members (excludes halogenated alkanes) is 1. The Morgan fingerprint density at radius 3 is 1.20 bits per heavy atom. The fourth-order valence-corrected chi connectivity index (χ4v) is 21.9. The van der Waals surface area contributed by atoms with Gasteiger partial charge < -0.3 is 28.6 Å². The zero-order valence-corrected chi connectivity index (χ0v) is 71.5. The lowest BCUT2D eigenvalue weighted by atomic mass is 9.60. The molecule has 129 heavy (non-hydrogen) atoms. The van der Waals surface area contributed by atoms with Crippen LogP contribution < -0.4 is 24.2 Å². The number of nitrogens with zero attached hydrogens (tertiary/aromatic N) is 4. The number of hydrogen-bond acceptors (Lipinski definition) is 7. The Bertz CT molecular complexity index is 7470. The highest BCUT2D eigenvalue weighted by Gasteiger charge is 2.56. The second-order valence-electron chi connectivity index (χ2n) is 34.6. The Kier molecular flexibility index (Phi) is 18.3. The normalized spacial score (nSPS) is 14.8. The molecular formula is C122H86N4O3. The van der Waals surface area contributed by atoms with E-state index in [-0.39, 0.29) is 5.92 Å². The van der Waals surface area contributed by atoms with Crippen molar-refractivity contribution in [2.24, 2.45) is 0 Å². The van der Waals surface area contributed by atoms with E-state index in [9.17, 15) is 5.26 Å². The van der Waals surface area contributed by atoms with Gasteiger partial charge in [0.2, 0.25) is 0 Å². The summed E-state index contributed by atoms with van der Waals surface area (Å²) in [7, 11) is 0. The van der Waals surface area contributed by atoms with Crippen molar-refractivity contribution in [3.8, 4) is 107 Å². The highest BCUT2D eigenvalue weighted by atomic mass is 16.5. The summed E-state index contributed by atoms with van der Waals surface area (Å²) in [5.74, 6) is 4.03. The maximum Gasteiger partial charge on any atom is 0.135 e. The van der Waals surface area contributed by atoms with Crippen molar-refractivity contribution in [2.45, 2.75) is 56.3 Å². The quantitative estimate of drug-likeness (QED) is 0.0748. The smallest absolute Gasteiger partial charge is 0.135 e. The van der Waals surface area contributed by atoms with Crippen molar-refractivity contribution >= 4 is 51.2 Å². The van der Waals surface area contributed by atoms with Crippen LogP contribution in [0, 0.1) is 11.3 Å². The van der Waals surface area contributed by atoms with E-state index in [1.54, 1.807) is 0 Å². The molecule has 0 bridgehead atoms. The van der Waals surface area contributed by atoms with Crippen LogP contribution in [0.15, 0.2) is 446 Å². The zero-order chi connectivity index (χ0) is 86.0. The van der Waals surface area contributed by atoms with Gasteiger partial charge in [-0.25, -0.2) is 0 Å². The lowest BCUT2D eigenvalue weighted by molar-refractivity contribution is 0.433. The van der Waals surface area contributed by atoms with E-state index in [0.717, 1.165) is 232 Å². The number of ether oxygens (including phenoxy) is 2. The number of benzene rings is 17. The number of allylic oxidation sites excluding steroid dienone is 3. The molecule has 1 aromatic heterocycles. The first-order chi connectivity index (χ1) is 63.7. The van der Waals surface area contributed by atoms with E-state index in [0.29, 0.717) is 24.1 Å². The van der Waals surface area contributed by atoms with Crippen molar-refractivity contribution in [3.63, 3.8) is 0 Å². The van der Waals surface area contributed by atoms with Crippen LogP contribution in [-0.4, -0.2) is 0 Å². The van der Waals surface area contributed by atoms with Gasteiger partial charge in [0, 0.05) is 56.8 Å². The van der Waals surface area contributed by atoms with Crippen molar-refractivity contribution in [1.29, 1.82) is 5.26 Å². The van der Waals surface area contributed by atoms with E-state index in [1.807, 2.05) is 0 Å². The molecule has 2 spiro atoms. The van der Waals surface area contributed by atoms with Gasteiger partial charge in [0.25, 0.3) is 0 Å². The lowest BCUT2D eigenvalue weighted by Crippen LogP contribution is -2.44. The molecular weight excluding hydrogens is 1570 g/mol. The van der Waals surface area contributed by atoms with Crippen molar-refractivity contribution in [3.05, 3.63) is 509 Å². The Labute approximate surface area is 751 Å². The third-order valence-electron chi connectivity index (χ3n) is 27.6. The third-order valence-corrected chi connectivity index (χ3v) is 27.6. The molecule has 17 aromatic carbocycles. The summed E-state index contributed by atoms with van der Waals surface area (Å²) in [5.41, 5.74) is 33.4. The molecule has 6 aliphatic rings. The summed E-state index contributed by atoms with van der Waals surface area (Å²) >= 11 is 0. The van der Waals surface area contributed by atoms with Gasteiger partial charge in [0.1, 0.15) is 34.3 Å².